The van der Waals surface area contributed by atoms with Gasteiger partial charge in [0.1, 0.15) is 56.5 Å². The number of nitrogens with one attached hydrogen (secondary N) is 2. The van der Waals surface area contributed by atoms with Crippen LogP contribution in [0.25, 0.3) is 12.2 Å². The Morgan fingerprint density at radius 2 is 0.768 bits per heavy atom. The van der Waals surface area contributed by atoms with E-state index in [1.807, 2.05) is 0 Å². The van der Waals surface area contributed by atoms with Gasteiger partial charge in [0.2, 0.25) is 0 Å². The summed E-state index contributed by atoms with van der Waals surface area (Å²) in [6, 6.07) is 28.6. The largest absolute Gasteiger partial charge is 0.496 e. The predicted octanol–water partition coefficient (Wildman–Crippen LogP) is 9.05. The molecule has 2 amide bonds. The highest BCUT2D eigenvalue weighted by molar-refractivity contribution is 7.92. The van der Waals surface area contributed by atoms with Crippen LogP contribution in [-0.2, 0) is 9.84 Å². The molecule has 0 radical (unpaired) electrons. The van der Waals surface area contributed by atoms with E-state index in [0.29, 0.717) is 68.1 Å². The number of methoxy groups -OCH3 is 8. The molecule has 0 bridgehead atoms. The molecule has 0 aliphatic heterocycles. The number of sulfone groups is 1. The molecular weight excluding hydrogens is 905 g/mol. The number of nitrogen functional groups attached to an aromatic ring is 2. The summed E-state index contributed by atoms with van der Waals surface area (Å²) in [6.45, 7) is 0. The summed E-state index contributed by atoms with van der Waals surface area (Å²) < 4.78 is 77.3. The molecule has 0 heterocycles. The van der Waals surface area contributed by atoms with Crippen molar-refractivity contribution >= 4 is 56.6 Å². The van der Waals surface area contributed by atoms with Crippen molar-refractivity contribution in [2.24, 2.45) is 0 Å². The van der Waals surface area contributed by atoms with Crippen molar-refractivity contribution in [1.82, 2.24) is 0 Å². The summed E-state index contributed by atoms with van der Waals surface area (Å²) in [6.07, 6.45) is 6.16. The van der Waals surface area contributed by atoms with Gasteiger partial charge in [-0.1, -0.05) is 24.3 Å². The fourth-order valence-electron chi connectivity index (χ4n) is 7.40. The van der Waals surface area contributed by atoms with E-state index in [1.165, 1.54) is 81.2 Å². The molecule has 360 valence electrons. The monoisotopic (exact) mass is 958 g/mol. The summed E-state index contributed by atoms with van der Waals surface area (Å²) in [5.41, 5.74) is 14.9. The maximum absolute atomic E-state index is 16.0. The van der Waals surface area contributed by atoms with Gasteiger partial charge in [-0.15, -0.1) is 0 Å². The average Bonchev–Trinajstić information content (AvgIpc) is 3.36. The third-order valence-corrected chi connectivity index (χ3v) is 13.3. The van der Waals surface area contributed by atoms with Crippen LogP contribution < -0.4 is 60.0 Å². The topological polar surface area (TPSA) is 218 Å². The molecule has 0 spiro atoms. The lowest BCUT2D eigenvalue weighted by Crippen LogP contribution is -2.20. The number of hydrogen-bond acceptors (Lipinski definition) is 14. The summed E-state index contributed by atoms with van der Waals surface area (Å²) in [7, 11) is 7.15. The predicted molar refractivity (Wildman–Crippen MR) is 268 cm³/mol. The number of ether oxygens (including phenoxy) is 8. The summed E-state index contributed by atoms with van der Waals surface area (Å²) in [4.78, 5) is 27.3. The number of nitrogens with two attached hydrogens (primary N) is 2. The third-order valence-electron chi connectivity index (χ3n) is 11.0. The lowest BCUT2D eigenvalue weighted by Gasteiger charge is -2.24. The average molecular weight is 959 g/mol. The Hall–Kier alpha value is -8.31. The first-order valence-corrected chi connectivity index (χ1v) is 22.7. The zero-order valence-corrected chi connectivity index (χ0v) is 40.1. The molecule has 16 nitrogen and oxygen atoms in total. The number of carbonyl (C=O) groups is 2. The van der Waals surface area contributed by atoms with E-state index in [2.05, 4.69) is 10.6 Å². The van der Waals surface area contributed by atoms with E-state index in [0.717, 1.165) is 0 Å². The van der Waals surface area contributed by atoms with Crippen LogP contribution in [0.15, 0.2) is 121 Å². The lowest BCUT2D eigenvalue weighted by molar-refractivity contribution is 0.101. The van der Waals surface area contributed by atoms with Crippen molar-refractivity contribution in [3.05, 3.63) is 155 Å². The van der Waals surface area contributed by atoms with E-state index in [1.54, 1.807) is 109 Å². The summed E-state index contributed by atoms with van der Waals surface area (Å²) in [5.74, 6) is 1.72. The van der Waals surface area contributed by atoms with Crippen molar-refractivity contribution in [3.8, 4) is 46.0 Å². The van der Waals surface area contributed by atoms with Gasteiger partial charge in [-0.2, -0.15) is 0 Å². The molecule has 6 aromatic rings. The number of anilines is 4. The van der Waals surface area contributed by atoms with E-state index in [9.17, 15) is 9.59 Å². The molecule has 0 saturated carbocycles. The van der Waals surface area contributed by atoms with Crippen LogP contribution in [0.4, 0.5) is 22.7 Å². The van der Waals surface area contributed by atoms with E-state index in [-0.39, 0.29) is 34.0 Å². The van der Waals surface area contributed by atoms with Crippen LogP contribution in [0, 0.1) is 0 Å². The van der Waals surface area contributed by atoms with Crippen LogP contribution in [0.2, 0.25) is 0 Å². The Balaban J connectivity index is 1.61. The normalized spacial score (nSPS) is 12.2. The summed E-state index contributed by atoms with van der Waals surface area (Å²) >= 11 is 0. The van der Waals surface area contributed by atoms with Gasteiger partial charge < -0.3 is 60.0 Å². The van der Waals surface area contributed by atoms with E-state index in [4.69, 9.17) is 49.4 Å². The van der Waals surface area contributed by atoms with Gasteiger partial charge in [-0.3, -0.25) is 9.59 Å². The maximum atomic E-state index is 16.0. The van der Waals surface area contributed by atoms with Crippen molar-refractivity contribution in [3.63, 3.8) is 0 Å². The molecule has 2 unspecified atom stereocenters. The van der Waals surface area contributed by atoms with Crippen molar-refractivity contribution in [2.75, 3.05) is 79.0 Å². The van der Waals surface area contributed by atoms with Crippen LogP contribution >= 0.6 is 0 Å². The smallest absolute Gasteiger partial charge is 0.255 e. The van der Waals surface area contributed by atoms with Gasteiger partial charge in [0.05, 0.1) is 79.4 Å². The number of amides is 2. The molecule has 0 aliphatic carbocycles. The SMILES string of the molecule is COc1cc(OC)c(C=CC(c2ccc(OC)c(NC(=O)c3ccc(N)cc3)c2)S(=O)(=O)C(C=Cc2c(OC)cc(OC)cc2OC)c2ccc(OC)c(NC(=O)c3ccc(N)cc3)c2)c(OC)c1. The molecule has 6 N–H and O–H groups in total. The molecule has 0 fully saturated rings. The highest BCUT2D eigenvalue weighted by Crippen LogP contribution is 2.44. The van der Waals surface area contributed by atoms with Gasteiger partial charge in [0.15, 0.2) is 9.84 Å². The number of carbonyl (C=O) groups excluding carboxylic acids is 2. The summed E-state index contributed by atoms with van der Waals surface area (Å²) in [5, 5.41) is 2.77. The second-order valence-corrected chi connectivity index (χ2v) is 17.3. The molecule has 17 heteroatoms. The zero-order valence-electron chi connectivity index (χ0n) is 39.3. The number of hydrogen-bond donors (Lipinski definition) is 4. The van der Waals surface area contributed by atoms with E-state index >= 15 is 8.42 Å². The minimum Gasteiger partial charge on any atom is -0.496 e. The molecule has 6 aromatic carbocycles. The van der Waals surface area contributed by atoms with Crippen LogP contribution in [0.1, 0.15) is 53.5 Å². The van der Waals surface area contributed by atoms with Crippen molar-refractivity contribution in [1.29, 1.82) is 0 Å². The molecule has 0 aliphatic rings. The lowest BCUT2D eigenvalue weighted by atomic mass is 10.1. The third kappa shape index (κ3) is 11.5. The Morgan fingerprint density at radius 3 is 1.06 bits per heavy atom. The minimum atomic E-state index is -4.58. The van der Waals surface area contributed by atoms with Crippen LogP contribution in [-0.4, -0.2) is 77.1 Å². The standard InChI is InChI=1S/C52H54N4O12S/c1-61-37-27-45(65-5)39(46(28-37)66-6)19-23-49(33-13-21-43(63-3)41(25-33)55-51(57)31-9-15-35(53)16-10-31)69(59,60)50(24-20-40-47(67-7)29-38(62-2)30-48(40)68-8)34-14-22-44(64-4)42(26-34)56-52(58)32-11-17-36(54)18-12-32/h9-30,49-50H,53-54H2,1-8H3,(H,55,57)(H,56,58). The maximum Gasteiger partial charge on any atom is 0.255 e. The van der Waals surface area contributed by atoms with Gasteiger partial charge in [0, 0.05) is 46.8 Å². The highest BCUT2D eigenvalue weighted by atomic mass is 32.2. The van der Waals surface area contributed by atoms with Gasteiger partial charge in [-0.05, 0) is 96.1 Å². The Kier molecular flexibility index (Phi) is 16.3. The Morgan fingerprint density at radius 1 is 0.449 bits per heavy atom. The molecule has 0 saturated heterocycles. The number of rotatable bonds is 20. The van der Waals surface area contributed by atoms with Gasteiger partial charge in [-0.25, -0.2) is 8.42 Å². The number of benzene rings is 6. The zero-order chi connectivity index (χ0) is 49.8. The van der Waals surface area contributed by atoms with Gasteiger partial charge in [0.25, 0.3) is 11.8 Å². The second-order valence-electron chi connectivity index (χ2n) is 15.1. The van der Waals surface area contributed by atoms with Crippen LogP contribution in [0.5, 0.6) is 46.0 Å². The molecule has 6 rings (SSSR count). The first-order valence-electron chi connectivity index (χ1n) is 21.1. The molecule has 69 heavy (non-hydrogen) atoms. The molecule has 0 aromatic heterocycles. The van der Waals surface area contributed by atoms with Crippen LogP contribution in [0.3, 0.4) is 0 Å². The van der Waals surface area contributed by atoms with Crippen molar-refractivity contribution < 1.29 is 55.9 Å². The fraction of sp³-hybridized carbons (Fsp3) is 0.192. The Bertz CT molecular complexity index is 2730. The molecular formula is C52H54N4O12S. The van der Waals surface area contributed by atoms with Gasteiger partial charge >= 0.3 is 0 Å². The van der Waals surface area contributed by atoms with Crippen molar-refractivity contribution in [2.45, 2.75) is 10.5 Å². The Labute approximate surface area is 401 Å². The minimum absolute atomic E-state index is 0.182. The first kappa shape index (κ1) is 50.1. The molecule has 2 atom stereocenters. The second kappa shape index (κ2) is 22.5. The van der Waals surface area contributed by atoms with E-state index < -0.39 is 32.2 Å². The fourth-order valence-corrected chi connectivity index (χ4v) is 9.36. The first-order chi connectivity index (χ1) is 33.2. The quantitative estimate of drug-likeness (QED) is 0.0525. The highest BCUT2D eigenvalue weighted by Gasteiger charge is 2.35.